The van der Waals surface area contributed by atoms with Crippen molar-refractivity contribution in [2.24, 2.45) is 0 Å². The van der Waals surface area contributed by atoms with Gasteiger partial charge in [-0.15, -0.1) is 5.10 Å². The van der Waals surface area contributed by atoms with Gasteiger partial charge in [-0.05, 0) is 19.1 Å². The number of hydrogen-bond donors (Lipinski definition) is 0. The Morgan fingerprint density at radius 2 is 2.38 bits per heavy atom. The minimum atomic E-state index is 0.629. The zero-order valence-corrected chi connectivity index (χ0v) is 7.23. The average molecular weight is 172 g/mol. The van der Waals surface area contributed by atoms with Crippen LogP contribution in [0.1, 0.15) is 6.92 Å². The highest BCUT2D eigenvalue weighted by Gasteiger charge is 2.02. The summed E-state index contributed by atoms with van der Waals surface area (Å²) in [6.45, 7) is 9.65. The van der Waals surface area contributed by atoms with Crippen molar-refractivity contribution >= 4 is 16.7 Å². The van der Waals surface area contributed by atoms with Crippen LogP contribution in [0.5, 0.6) is 0 Å². The Labute approximate surface area is 75.6 Å². The molecule has 0 aliphatic rings. The van der Waals surface area contributed by atoms with E-state index in [1.54, 1.807) is 10.7 Å². The maximum absolute atomic E-state index is 6.87. The van der Waals surface area contributed by atoms with Crippen LogP contribution >= 0.6 is 0 Å². The third kappa shape index (κ3) is 1.14. The first-order valence-corrected chi connectivity index (χ1v) is 4.06. The van der Waals surface area contributed by atoms with Gasteiger partial charge < -0.3 is 0 Å². The molecule has 0 N–H and O–H groups in total. The van der Waals surface area contributed by atoms with Crippen LogP contribution < -0.4 is 0 Å². The van der Waals surface area contributed by atoms with Gasteiger partial charge in [0.25, 0.3) is 0 Å². The number of fused-ring (bicyclic) bond motifs is 1. The SMILES string of the molecule is [C-]#[N+]c1ccc2nnn(CC)c2c1. The van der Waals surface area contributed by atoms with E-state index in [9.17, 15) is 0 Å². The molecule has 2 aromatic rings. The van der Waals surface area contributed by atoms with Crippen LogP contribution in [0.3, 0.4) is 0 Å². The highest BCUT2D eigenvalue weighted by molar-refractivity contribution is 5.78. The van der Waals surface area contributed by atoms with E-state index in [-0.39, 0.29) is 0 Å². The van der Waals surface area contributed by atoms with E-state index in [0.29, 0.717) is 5.69 Å². The zero-order valence-electron chi connectivity index (χ0n) is 7.23. The number of hydrogen-bond acceptors (Lipinski definition) is 2. The Morgan fingerprint density at radius 1 is 1.54 bits per heavy atom. The van der Waals surface area contributed by atoms with E-state index in [0.717, 1.165) is 17.6 Å². The van der Waals surface area contributed by atoms with Crippen molar-refractivity contribution in [2.45, 2.75) is 13.5 Å². The molecule has 1 heterocycles. The van der Waals surface area contributed by atoms with Gasteiger partial charge in [-0.1, -0.05) is 11.3 Å². The van der Waals surface area contributed by atoms with Gasteiger partial charge in [-0.25, -0.2) is 9.53 Å². The molecule has 0 saturated carbocycles. The van der Waals surface area contributed by atoms with E-state index < -0.39 is 0 Å². The number of benzene rings is 1. The molecule has 0 radical (unpaired) electrons. The molecule has 13 heavy (non-hydrogen) atoms. The minimum Gasteiger partial charge on any atom is -0.246 e. The molecule has 1 aromatic carbocycles. The highest BCUT2D eigenvalue weighted by atomic mass is 15.4. The predicted molar refractivity (Wildman–Crippen MR) is 49.5 cm³/mol. The minimum absolute atomic E-state index is 0.629. The molecule has 0 fully saturated rings. The average Bonchev–Trinajstić information content (AvgIpc) is 2.59. The maximum Gasteiger partial charge on any atom is 0.189 e. The predicted octanol–water partition coefficient (Wildman–Crippen LogP) is 2.00. The molecule has 0 unspecified atom stereocenters. The van der Waals surface area contributed by atoms with E-state index in [2.05, 4.69) is 15.2 Å². The fraction of sp³-hybridized carbons (Fsp3) is 0.222. The third-order valence-corrected chi connectivity index (χ3v) is 1.93. The summed E-state index contributed by atoms with van der Waals surface area (Å²) >= 11 is 0. The molecule has 0 spiro atoms. The molecule has 2 rings (SSSR count). The monoisotopic (exact) mass is 172 g/mol. The van der Waals surface area contributed by atoms with Crippen molar-refractivity contribution in [3.63, 3.8) is 0 Å². The van der Waals surface area contributed by atoms with E-state index >= 15 is 0 Å². The quantitative estimate of drug-likeness (QED) is 0.616. The van der Waals surface area contributed by atoms with Crippen molar-refractivity contribution in [3.8, 4) is 0 Å². The molecule has 0 aliphatic carbocycles. The molecular weight excluding hydrogens is 164 g/mol. The first kappa shape index (κ1) is 7.74. The lowest BCUT2D eigenvalue weighted by molar-refractivity contribution is 0.646. The van der Waals surface area contributed by atoms with Gasteiger partial charge in [-0.2, -0.15) is 0 Å². The van der Waals surface area contributed by atoms with Crippen LogP contribution in [-0.4, -0.2) is 15.0 Å². The smallest absolute Gasteiger partial charge is 0.189 e. The van der Waals surface area contributed by atoms with Crippen LogP contribution in [0.25, 0.3) is 15.9 Å². The normalized spacial score (nSPS) is 10.2. The van der Waals surface area contributed by atoms with Crippen LogP contribution in [0, 0.1) is 6.57 Å². The molecule has 0 saturated heterocycles. The fourth-order valence-corrected chi connectivity index (χ4v) is 1.26. The van der Waals surface area contributed by atoms with Gasteiger partial charge in [0.05, 0.1) is 12.1 Å². The Hall–Kier alpha value is -1.89. The fourth-order valence-electron chi connectivity index (χ4n) is 1.26. The summed E-state index contributed by atoms with van der Waals surface area (Å²) in [5, 5.41) is 7.93. The lowest BCUT2D eigenvalue weighted by Gasteiger charge is -1.95. The van der Waals surface area contributed by atoms with Gasteiger partial charge in [0.15, 0.2) is 5.69 Å². The lowest BCUT2D eigenvalue weighted by Crippen LogP contribution is -1.95. The van der Waals surface area contributed by atoms with Crippen LogP contribution in [-0.2, 0) is 6.54 Å². The van der Waals surface area contributed by atoms with Gasteiger partial charge in [-0.3, -0.25) is 0 Å². The molecule has 0 atom stereocenters. The summed E-state index contributed by atoms with van der Waals surface area (Å²) in [6, 6.07) is 5.39. The number of aryl methyl sites for hydroxylation is 1. The largest absolute Gasteiger partial charge is 0.246 e. The molecule has 4 nitrogen and oxygen atoms in total. The van der Waals surface area contributed by atoms with E-state index in [4.69, 9.17) is 6.57 Å². The second-order valence-electron chi connectivity index (χ2n) is 2.69. The van der Waals surface area contributed by atoms with Crippen LogP contribution in [0.15, 0.2) is 18.2 Å². The van der Waals surface area contributed by atoms with Crippen molar-refractivity contribution < 1.29 is 0 Å². The van der Waals surface area contributed by atoms with Crippen molar-refractivity contribution in [1.29, 1.82) is 0 Å². The Bertz CT molecular complexity index is 478. The van der Waals surface area contributed by atoms with Gasteiger partial charge >= 0.3 is 0 Å². The van der Waals surface area contributed by atoms with Crippen molar-refractivity contribution in [1.82, 2.24) is 15.0 Å². The Balaban J connectivity index is 2.73. The topological polar surface area (TPSA) is 35.1 Å². The highest BCUT2D eigenvalue weighted by Crippen LogP contribution is 2.18. The molecule has 4 heteroatoms. The standard InChI is InChI=1S/C9H8N4/c1-3-13-9-6-7(10-2)4-5-8(9)11-12-13/h4-6H,3H2,1H3. The van der Waals surface area contributed by atoms with Crippen LogP contribution in [0.2, 0.25) is 0 Å². The maximum atomic E-state index is 6.87. The van der Waals surface area contributed by atoms with Crippen molar-refractivity contribution in [3.05, 3.63) is 29.6 Å². The number of aromatic nitrogens is 3. The summed E-state index contributed by atoms with van der Waals surface area (Å²) in [6.07, 6.45) is 0. The van der Waals surface area contributed by atoms with Gasteiger partial charge in [0.1, 0.15) is 5.52 Å². The Kier molecular flexibility index (Phi) is 1.71. The number of nitrogens with zero attached hydrogens (tertiary/aromatic N) is 4. The first-order valence-electron chi connectivity index (χ1n) is 4.06. The molecule has 64 valence electrons. The molecule has 0 bridgehead atoms. The van der Waals surface area contributed by atoms with E-state index in [1.807, 2.05) is 19.1 Å². The summed E-state index contributed by atoms with van der Waals surface area (Å²) in [5.74, 6) is 0. The second kappa shape index (κ2) is 2.87. The number of rotatable bonds is 1. The summed E-state index contributed by atoms with van der Waals surface area (Å²) in [7, 11) is 0. The molecule has 0 amide bonds. The zero-order chi connectivity index (χ0) is 9.26. The van der Waals surface area contributed by atoms with E-state index in [1.165, 1.54) is 0 Å². The summed E-state index contributed by atoms with van der Waals surface area (Å²) in [4.78, 5) is 3.36. The van der Waals surface area contributed by atoms with Gasteiger partial charge in [0, 0.05) is 6.54 Å². The van der Waals surface area contributed by atoms with Crippen molar-refractivity contribution in [2.75, 3.05) is 0 Å². The molecule has 0 aliphatic heterocycles. The molecular formula is C9H8N4. The lowest BCUT2D eigenvalue weighted by atomic mass is 10.3. The first-order chi connectivity index (χ1) is 6.35. The molecule has 1 aromatic heterocycles. The Morgan fingerprint density at radius 3 is 3.08 bits per heavy atom. The van der Waals surface area contributed by atoms with Crippen LogP contribution in [0.4, 0.5) is 5.69 Å². The van der Waals surface area contributed by atoms with Gasteiger partial charge in [0.2, 0.25) is 0 Å². The third-order valence-electron chi connectivity index (χ3n) is 1.93. The second-order valence-corrected chi connectivity index (χ2v) is 2.69. The summed E-state index contributed by atoms with van der Waals surface area (Å²) in [5.41, 5.74) is 2.40. The summed E-state index contributed by atoms with van der Waals surface area (Å²) < 4.78 is 1.78.